The molecule has 1 N–H and O–H groups in total. The van der Waals surface area contributed by atoms with Gasteiger partial charge in [0.15, 0.2) is 0 Å². The second-order valence-corrected chi connectivity index (χ2v) is 3.09. The van der Waals surface area contributed by atoms with Gasteiger partial charge in [-0.25, -0.2) is 0 Å². The summed E-state index contributed by atoms with van der Waals surface area (Å²) in [6.07, 6.45) is 0.433. The zero-order valence-electron chi connectivity index (χ0n) is 7.36. The summed E-state index contributed by atoms with van der Waals surface area (Å²) in [5, 5.41) is 19.4. The Morgan fingerprint density at radius 1 is 1.46 bits per heavy atom. The van der Waals surface area contributed by atoms with Crippen LogP contribution in [0.1, 0.15) is 12.5 Å². The molecule has 3 heteroatoms. The van der Waals surface area contributed by atoms with Crippen molar-refractivity contribution in [2.75, 3.05) is 0 Å². The highest BCUT2D eigenvalue weighted by Gasteiger charge is 2.03. The Balaban J connectivity index is 2.64. The third-order valence-electron chi connectivity index (χ3n) is 1.88. The summed E-state index contributed by atoms with van der Waals surface area (Å²) in [6, 6.07) is 6.48. The maximum Gasteiger partial charge on any atom is 0.115 e. The van der Waals surface area contributed by atoms with Gasteiger partial charge in [-0.15, -0.1) is 0 Å². The fourth-order valence-corrected chi connectivity index (χ4v) is 1.07. The van der Waals surface area contributed by atoms with Gasteiger partial charge in [0.2, 0.25) is 0 Å². The molecule has 0 spiro atoms. The number of aliphatic carboxylic acids is 1. The molecule has 0 aliphatic carbocycles. The molecule has 0 heterocycles. The molecule has 0 aliphatic heterocycles. The van der Waals surface area contributed by atoms with Crippen LogP contribution in [-0.4, -0.2) is 11.1 Å². The highest BCUT2D eigenvalue weighted by atomic mass is 16.4. The van der Waals surface area contributed by atoms with Crippen molar-refractivity contribution in [2.45, 2.75) is 13.3 Å². The van der Waals surface area contributed by atoms with E-state index in [-0.39, 0.29) is 5.75 Å². The van der Waals surface area contributed by atoms with Crippen LogP contribution in [0.15, 0.2) is 24.3 Å². The summed E-state index contributed by atoms with van der Waals surface area (Å²) >= 11 is 0. The van der Waals surface area contributed by atoms with Crippen LogP contribution in [0.25, 0.3) is 0 Å². The monoisotopic (exact) mass is 179 g/mol. The van der Waals surface area contributed by atoms with Crippen LogP contribution in [0.3, 0.4) is 0 Å². The maximum atomic E-state index is 10.4. The minimum Gasteiger partial charge on any atom is -0.550 e. The lowest BCUT2D eigenvalue weighted by atomic mass is 10.0. The van der Waals surface area contributed by atoms with Crippen molar-refractivity contribution in [1.29, 1.82) is 0 Å². The molecule has 0 saturated carbocycles. The van der Waals surface area contributed by atoms with E-state index in [1.807, 2.05) is 0 Å². The fourth-order valence-electron chi connectivity index (χ4n) is 1.07. The summed E-state index contributed by atoms with van der Waals surface area (Å²) < 4.78 is 0. The number of phenols is 1. The maximum absolute atomic E-state index is 10.4. The second kappa shape index (κ2) is 3.94. The first kappa shape index (κ1) is 9.58. The summed E-state index contributed by atoms with van der Waals surface area (Å²) in [4.78, 5) is 10.4. The molecule has 13 heavy (non-hydrogen) atoms. The lowest BCUT2D eigenvalue weighted by Gasteiger charge is -2.11. The molecular weight excluding hydrogens is 168 g/mol. The third-order valence-corrected chi connectivity index (χ3v) is 1.88. The van der Waals surface area contributed by atoms with Crippen molar-refractivity contribution in [3.63, 3.8) is 0 Å². The fraction of sp³-hybridized carbons (Fsp3) is 0.300. The number of phenolic OH excluding ortho intramolecular Hbond substituents is 1. The molecule has 1 aromatic carbocycles. The molecule has 1 atom stereocenters. The van der Waals surface area contributed by atoms with Gasteiger partial charge in [0.05, 0.1) is 0 Å². The standard InChI is InChI=1S/C10H12O3/c1-7(10(12)13)6-8-2-4-9(11)5-3-8/h2-5,7,11H,6H2,1H3,(H,12,13)/p-1. The quantitative estimate of drug-likeness (QED) is 0.727. The van der Waals surface area contributed by atoms with Gasteiger partial charge in [-0.05, 0) is 30.0 Å². The number of benzene rings is 1. The highest BCUT2D eigenvalue weighted by Crippen LogP contribution is 2.12. The van der Waals surface area contributed by atoms with Crippen LogP contribution in [0.4, 0.5) is 0 Å². The molecule has 1 rings (SSSR count). The Labute approximate surface area is 76.6 Å². The Morgan fingerprint density at radius 2 is 2.00 bits per heavy atom. The summed E-state index contributed by atoms with van der Waals surface area (Å²) in [5.74, 6) is -1.36. The van der Waals surface area contributed by atoms with Crippen LogP contribution in [0.2, 0.25) is 0 Å². The summed E-state index contributed by atoms with van der Waals surface area (Å²) in [5.41, 5.74) is 0.884. The zero-order valence-corrected chi connectivity index (χ0v) is 7.36. The van der Waals surface area contributed by atoms with Crippen molar-refractivity contribution in [3.8, 4) is 5.75 Å². The van der Waals surface area contributed by atoms with E-state index in [0.29, 0.717) is 6.42 Å². The van der Waals surface area contributed by atoms with Crippen LogP contribution in [-0.2, 0) is 11.2 Å². The number of carbonyl (C=O) groups excluding carboxylic acids is 1. The van der Waals surface area contributed by atoms with E-state index in [2.05, 4.69) is 0 Å². The summed E-state index contributed by atoms with van der Waals surface area (Å²) in [6.45, 7) is 1.60. The van der Waals surface area contributed by atoms with E-state index < -0.39 is 11.9 Å². The molecule has 1 unspecified atom stereocenters. The molecule has 0 saturated heterocycles. The van der Waals surface area contributed by atoms with Gasteiger partial charge < -0.3 is 15.0 Å². The van der Waals surface area contributed by atoms with E-state index >= 15 is 0 Å². The van der Waals surface area contributed by atoms with Crippen LogP contribution in [0, 0.1) is 5.92 Å². The SMILES string of the molecule is CC(Cc1ccc(O)cc1)C(=O)[O-]. The number of aromatic hydroxyl groups is 1. The Morgan fingerprint density at radius 3 is 2.46 bits per heavy atom. The molecule has 0 amide bonds. The highest BCUT2D eigenvalue weighted by molar-refractivity contribution is 5.67. The normalized spacial score (nSPS) is 12.4. The molecule has 0 radical (unpaired) electrons. The first-order chi connectivity index (χ1) is 6.09. The minimum absolute atomic E-state index is 0.185. The predicted octanol–water partition coefficient (Wildman–Crippen LogP) is 0.321. The van der Waals surface area contributed by atoms with E-state index in [9.17, 15) is 9.90 Å². The van der Waals surface area contributed by atoms with Gasteiger partial charge in [-0.1, -0.05) is 19.1 Å². The van der Waals surface area contributed by atoms with Gasteiger partial charge in [0.25, 0.3) is 0 Å². The molecular formula is C10H11O3-. The number of carboxylic acids is 1. The van der Waals surface area contributed by atoms with E-state index in [1.165, 1.54) is 12.1 Å². The van der Waals surface area contributed by atoms with E-state index in [4.69, 9.17) is 5.11 Å². The molecule has 0 aliphatic rings. The topological polar surface area (TPSA) is 60.4 Å². The number of rotatable bonds is 3. The molecule has 70 valence electrons. The Hall–Kier alpha value is -1.51. The second-order valence-electron chi connectivity index (χ2n) is 3.09. The lowest BCUT2D eigenvalue weighted by Crippen LogP contribution is -2.30. The number of hydrogen-bond donors (Lipinski definition) is 1. The average Bonchev–Trinajstić information content (AvgIpc) is 2.08. The molecule has 1 aromatic rings. The lowest BCUT2D eigenvalue weighted by molar-refractivity contribution is -0.310. The van der Waals surface area contributed by atoms with Crippen molar-refractivity contribution in [3.05, 3.63) is 29.8 Å². The summed E-state index contributed by atoms with van der Waals surface area (Å²) in [7, 11) is 0. The molecule has 3 nitrogen and oxygen atoms in total. The number of hydrogen-bond acceptors (Lipinski definition) is 3. The van der Waals surface area contributed by atoms with Crippen molar-refractivity contribution in [1.82, 2.24) is 0 Å². The van der Waals surface area contributed by atoms with Gasteiger partial charge >= 0.3 is 0 Å². The molecule has 0 fully saturated rings. The molecule has 0 bridgehead atoms. The average molecular weight is 179 g/mol. The van der Waals surface area contributed by atoms with Gasteiger partial charge in [0, 0.05) is 5.97 Å². The molecule has 0 aromatic heterocycles. The third kappa shape index (κ3) is 2.78. The van der Waals surface area contributed by atoms with Crippen LogP contribution in [0.5, 0.6) is 5.75 Å². The van der Waals surface area contributed by atoms with Crippen molar-refractivity contribution < 1.29 is 15.0 Å². The Bertz CT molecular complexity index is 290. The predicted molar refractivity (Wildman–Crippen MR) is 46.0 cm³/mol. The smallest absolute Gasteiger partial charge is 0.115 e. The first-order valence-corrected chi connectivity index (χ1v) is 4.08. The first-order valence-electron chi connectivity index (χ1n) is 4.08. The van der Waals surface area contributed by atoms with Gasteiger partial charge in [0.1, 0.15) is 5.75 Å². The number of carboxylic acid groups (broad SMARTS) is 1. The number of carbonyl (C=O) groups is 1. The largest absolute Gasteiger partial charge is 0.550 e. The van der Waals surface area contributed by atoms with E-state index in [0.717, 1.165) is 5.56 Å². The van der Waals surface area contributed by atoms with Crippen molar-refractivity contribution >= 4 is 5.97 Å². The Kier molecular flexibility index (Phi) is 2.90. The minimum atomic E-state index is -1.05. The van der Waals surface area contributed by atoms with Gasteiger partial charge in [-0.3, -0.25) is 0 Å². The van der Waals surface area contributed by atoms with Crippen LogP contribution < -0.4 is 5.11 Å². The van der Waals surface area contributed by atoms with Gasteiger partial charge in [-0.2, -0.15) is 0 Å². The zero-order chi connectivity index (χ0) is 9.84. The van der Waals surface area contributed by atoms with Crippen LogP contribution >= 0.6 is 0 Å². The van der Waals surface area contributed by atoms with Crippen molar-refractivity contribution in [2.24, 2.45) is 5.92 Å². The van der Waals surface area contributed by atoms with E-state index in [1.54, 1.807) is 19.1 Å².